The number of rotatable bonds is 7. The molecule has 34 heavy (non-hydrogen) atoms. The Hall–Kier alpha value is -3.28. The monoisotopic (exact) mass is 494 g/mol. The van der Waals surface area contributed by atoms with Gasteiger partial charge >= 0.3 is 6.18 Å². The quantitative estimate of drug-likeness (QED) is 0.362. The fourth-order valence-electron chi connectivity index (χ4n) is 4.19. The van der Waals surface area contributed by atoms with Crippen molar-refractivity contribution in [1.29, 1.82) is 0 Å². The van der Waals surface area contributed by atoms with Crippen LogP contribution in [0.25, 0.3) is 10.2 Å². The Morgan fingerprint density at radius 1 is 1.24 bits per heavy atom. The highest BCUT2D eigenvalue weighted by molar-refractivity contribution is 7.18. The topological polar surface area (TPSA) is 98.3 Å². The van der Waals surface area contributed by atoms with E-state index in [0.717, 1.165) is 36.1 Å². The van der Waals surface area contributed by atoms with E-state index in [9.17, 15) is 32.9 Å². The zero-order chi connectivity index (χ0) is 24.5. The van der Waals surface area contributed by atoms with Crippen LogP contribution in [0.2, 0.25) is 0 Å². The van der Waals surface area contributed by atoms with Gasteiger partial charge in [-0.3, -0.25) is 24.3 Å². The second-order valence-electron chi connectivity index (χ2n) is 8.13. The minimum absolute atomic E-state index is 0.00439. The summed E-state index contributed by atoms with van der Waals surface area (Å²) in [5, 5.41) is 11.8. The van der Waals surface area contributed by atoms with Crippen molar-refractivity contribution in [3.8, 4) is 0 Å². The summed E-state index contributed by atoms with van der Waals surface area (Å²) >= 11 is 1.48. The van der Waals surface area contributed by atoms with Gasteiger partial charge in [-0.15, -0.1) is 11.3 Å². The molecule has 0 spiro atoms. The molecular weight excluding hydrogens is 473 g/mol. The SMILES string of the molecule is O=C(CCn1cnc2sc3c(c2c1=O)CCCC3)N(Cc1ccccc1[N+](=O)[O-])CC(F)(F)F. The highest BCUT2D eigenvalue weighted by Gasteiger charge is 2.34. The lowest BCUT2D eigenvalue weighted by molar-refractivity contribution is -0.385. The fraction of sp³-hybridized carbons (Fsp3) is 0.409. The predicted octanol–water partition coefficient (Wildman–Crippen LogP) is 4.23. The molecular formula is C22H21F3N4O4S. The molecule has 1 amide bonds. The number of thiophene rings is 1. The van der Waals surface area contributed by atoms with E-state index < -0.39 is 30.1 Å². The molecule has 0 saturated carbocycles. The highest BCUT2D eigenvalue weighted by atomic mass is 32.1. The Morgan fingerprint density at radius 3 is 2.71 bits per heavy atom. The summed E-state index contributed by atoms with van der Waals surface area (Å²) in [6.45, 7) is -2.27. The third-order valence-electron chi connectivity index (χ3n) is 5.78. The Labute approximate surface area is 195 Å². The highest BCUT2D eigenvalue weighted by Crippen LogP contribution is 2.33. The second kappa shape index (κ2) is 9.53. The first-order valence-corrected chi connectivity index (χ1v) is 11.5. The third-order valence-corrected chi connectivity index (χ3v) is 6.98. The third kappa shape index (κ3) is 5.11. The summed E-state index contributed by atoms with van der Waals surface area (Å²) < 4.78 is 40.7. The van der Waals surface area contributed by atoms with Crippen molar-refractivity contribution in [3.05, 3.63) is 67.1 Å². The smallest absolute Gasteiger partial charge is 0.329 e. The van der Waals surface area contributed by atoms with Crippen LogP contribution in [0.1, 0.15) is 35.3 Å². The van der Waals surface area contributed by atoms with Crippen molar-refractivity contribution >= 4 is 33.1 Å². The fourth-order valence-corrected chi connectivity index (χ4v) is 5.41. The molecule has 0 saturated heterocycles. The number of halogens is 3. The average Bonchev–Trinajstić information content (AvgIpc) is 3.16. The number of fused-ring (bicyclic) bond motifs is 3. The van der Waals surface area contributed by atoms with E-state index in [1.54, 1.807) is 0 Å². The average molecular weight is 494 g/mol. The first kappa shape index (κ1) is 23.9. The zero-order valence-corrected chi connectivity index (χ0v) is 18.8. The number of carbonyl (C=O) groups is 1. The zero-order valence-electron chi connectivity index (χ0n) is 18.0. The molecule has 0 aliphatic heterocycles. The van der Waals surface area contributed by atoms with Crippen LogP contribution >= 0.6 is 11.3 Å². The summed E-state index contributed by atoms with van der Waals surface area (Å²) in [5.41, 5.74) is 0.309. The van der Waals surface area contributed by atoms with E-state index in [0.29, 0.717) is 15.1 Å². The standard InChI is InChI=1S/C22H21F3N4O4S/c23-22(24,25)12-28(11-14-5-1-3-7-16(14)29(32)33)18(30)9-10-27-13-26-20-19(21(27)31)15-6-2-4-8-17(15)34-20/h1,3,5,7,13H,2,4,6,8-12H2. The number of benzene rings is 1. The molecule has 3 aromatic rings. The maximum Gasteiger partial charge on any atom is 0.406 e. The lowest BCUT2D eigenvalue weighted by Gasteiger charge is -2.24. The molecule has 1 aliphatic rings. The largest absolute Gasteiger partial charge is 0.406 e. The van der Waals surface area contributed by atoms with Crippen LogP contribution in [0.5, 0.6) is 0 Å². The van der Waals surface area contributed by atoms with Gasteiger partial charge in [-0.25, -0.2) is 4.98 Å². The van der Waals surface area contributed by atoms with Gasteiger partial charge in [0.1, 0.15) is 11.4 Å². The van der Waals surface area contributed by atoms with Crippen molar-refractivity contribution < 1.29 is 22.9 Å². The van der Waals surface area contributed by atoms with Gasteiger partial charge in [0.25, 0.3) is 11.2 Å². The van der Waals surface area contributed by atoms with E-state index >= 15 is 0 Å². The summed E-state index contributed by atoms with van der Waals surface area (Å²) in [6, 6.07) is 5.35. The van der Waals surface area contributed by atoms with Gasteiger partial charge in [0.2, 0.25) is 5.91 Å². The van der Waals surface area contributed by atoms with Crippen LogP contribution in [0.15, 0.2) is 35.4 Å². The van der Waals surface area contributed by atoms with Gasteiger partial charge in [-0.1, -0.05) is 18.2 Å². The molecule has 0 radical (unpaired) electrons. The molecule has 1 aromatic carbocycles. The Morgan fingerprint density at radius 2 is 1.97 bits per heavy atom. The number of hydrogen-bond acceptors (Lipinski definition) is 6. The molecule has 12 heteroatoms. The van der Waals surface area contributed by atoms with E-state index in [1.807, 2.05) is 0 Å². The van der Waals surface area contributed by atoms with Crippen molar-refractivity contribution in [2.24, 2.45) is 0 Å². The van der Waals surface area contributed by atoms with E-state index in [2.05, 4.69) is 4.98 Å². The number of nitrogens with zero attached hydrogens (tertiary/aromatic N) is 4. The van der Waals surface area contributed by atoms with Crippen LogP contribution in [0.4, 0.5) is 18.9 Å². The lowest BCUT2D eigenvalue weighted by Crippen LogP contribution is -2.39. The Balaban J connectivity index is 1.55. The molecule has 0 atom stereocenters. The van der Waals surface area contributed by atoms with Gasteiger partial charge in [-0.2, -0.15) is 13.2 Å². The number of nitro benzene ring substituents is 1. The van der Waals surface area contributed by atoms with Crippen LogP contribution in [-0.4, -0.2) is 38.0 Å². The molecule has 180 valence electrons. The van der Waals surface area contributed by atoms with Crippen molar-refractivity contribution in [2.45, 2.75) is 51.4 Å². The molecule has 4 rings (SSSR count). The van der Waals surface area contributed by atoms with Crippen molar-refractivity contribution in [3.63, 3.8) is 0 Å². The number of amides is 1. The summed E-state index contributed by atoms with van der Waals surface area (Å²) in [7, 11) is 0. The molecule has 1 aliphatic carbocycles. The van der Waals surface area contributed by atoms with Crippen molar-refractivity contribution in [1.82, 2.24) is 14.5 Å². The van der Waals surface area contributed by atoms with Gasteiger partial charge in [-0.05, 0) is 31.2 Å². The minimum atomic E-state index is -4.69. The summed E-state index contributed by atoms with van der Waals surface area (Å²) in [4.78, 5) is 43.0. The normalized spacial score (nSPS) is 13.6. The molecule has 2 aromatic heterocycles. The van der Waals surface area contributed by atoms with E-state index in [4.69, 9.17) is 0 Å². The minimum Gasteiger partial charge on any atom is -0.329 e. The van der Waals surface area contributed by atoms with Gasteiger partial charge in [0.15, 0.2) is 0 Å². The van der Waals surface area contributed by atoms with Crippen LogP contribution < -0.4 is 5.56 Å². The molecule has 0 N–H and O–H groups in total. The molecule has 0 fully saturated rings. The first-order valence-electron chi connectivity index (χ1n) is 10.7. The number of para-hydroxylation sites is 1. The summed E-state index contributed by atoms with van der Waals surface area (Å²) in [6.07, 6.45) is -0.0457. The van der Waals surface area contributed by atoms with Gasteiger partial charge < -0.3 is 4.90 Å². The van der Waals surface area contributed by atoms with Crippen LogP contribution in [0, 0.1) is 10.1 Å². The number of hydrogen-bond donors (Lipinski definition) is 0. The van der Waals surface area contributed by atoms with Gasteiger partial charge in [0, 0.05) is 29.5 Å². The lowest BCUT2D eigenvalue weighted by atomic mass is 9.97. The van der Waals surface area contributed by atoms with E-state index in [1.165, 1.54) is 46.5 Å². The first-order chi connectivity index (χ1) is 16.1. The summed E-state index contributed by atoms with van der Waals surface area (Å²) in [5.74, 6) is -0.866. The number of carbonyl (C=O) groups excluding carboxylic acids is 1. The molecule has 0 bridgehead atoms. The molecule has 8 nitrogen and oxygen atoms in total. The maximum absolute atomic E-state index is 13.2. The Kier molecular flexibility index (Phi) is 6.69. The van der Waals surface area contributed by atoms with Gasteiger partial charge in [0.05, 0.1) is 23.2 Å². The Bertz CT molecular complexity index is 1300. The predicted molar refractivity (Wildman–Crippen MR) is 120 cm³/mol. The number of nitro groups is 1. The van der Waals surface area contributed by atoms with Crippen LogP contribution in [-0.2, 0) is 30.7 Å². The number of aromatic nitrogens is 2. The molecule has 0 unspecified atom stereocenters. The second-order valence-corrected chi connectivity index (χ2v) is 9.22. The van der Waals surface area contributed by atoms with E-state index in [-0.39, 0.29) is 29.8 Å². The van der Waals surface area contributed by atoms with Crippen molar-refractivity contribution in [2.75, 3.05) is 6.54 Å². The molecule has 2 heterocycles. The van der Waals surface area contributed by atoms with Crippen LogP contribution in [0.3, 0.4) is 0 Å². The number of alkyl halides is 3. The number of aryl methyl sites for hydroxylation is 3. The maximum atomic E-state index is 13.2.